The highest BCUT2D eigenvalue weighted by atomic mass is 35.5. The number of methoxy groups -OCH3 is 1. The summed E-state index contributed by atoms with van der Waals surface area (Å²) in [5.41, 5.74) is 0.964. The van der Waals surface area contributed by atoms with Crippen LogP contribution in [-0.2, 0) is 21.3 Å². The van der Waals surface area contributed by atoms with E-state index < -0.39 is 10.0 Å². The average Bonchev–Trinajstić information content (AvgIpc) is 2.43. The summed E-state index contributed by atoms with van der Waals surface area (Å²) in [7, 11) is -1.77. The van der Waals surface area contributed by atoms with Crippen LogP contribution in [-0.4, -0.2) is 44.6 Å². The second-order valence-electron chi connectivity index (χ2n) is 4.85. The van der Waals surface area contributed by atoms with E-state index >= 15 is 0 Å². The normalized spacial score (nSPS) is 13.6. The first-order valence-electron chi connectivity index (χ1n) is 6.56. The van der Waals surface area contributed by atoms with Gasteiger partial charge in [0.1, 0.15) is 0 Å². The number of sulfonamides is 1. The lowest BCUT2D eigenvalue weighted by molar-refractivity contribution is 0.177. The molecule has 0 bridgehead atoms. The van der Waals surface area contributed by atoms with Gasteiger partial charge in [-0.1, -0.05) is 37.3 Å². The van der Waals surface area contributed by atoms with E-state index in [4.69, 9.17) is 16.3 Å². The van der Waals surface area contributed by atoms with Crippen molar-refractivity contribution in [3.63, 3.8) is 0 Å². The Bertz CT molecular complexity index is 478. The molecule has 1 aromatic carbocycles. The Morgan fingerprint density at radius 3 is 2.50 bits per heavy atom. The highest BCUT2D eigenvalue weighted by Gasteiger charge is 2.24. The van der Waals surface area contributed by atoms with Crippen LogP contribution in [0.5, 0.6) is 0 Å². The molecule has 0 aliphatic carbocycles. The molecule has 1 rings (SSSR count). The molecule has 0 saturated carbocycles. The van der Waals surface area contributed by atoms with Gasteiger partial charge in [-0.2, -0.15) is 4.31 Å². The molecule has 1 aromatic rings. The monoisotopic (exact) mass is 319 g/mol. The van der Waals surface area contributed by atoms with Crippen LogP contribution in [0.1, 0.15) is 12.5 Å². The first-order valence-corrected chi connectivity index (χ1v) is 8.70. The smallest absolute Gasteiger partial charge is 0.214 e. The van der Waals surface area contributed by atoms with Crippen molar-refractivity contribution in [2.45, 2.75) is 13.5 Å². The number of hydrogen-bond acceptors (Lipinski definition) is 3. The van der Waals surface area contributed by atoms with Crippen LogP contribution in [0.3, 0.4) is 0 Å². The molecule has 20 heavy (non-hydrogen) atoms. The van der Waals surface area contributed by atoms with Gasteiger partial charge in [-0.3, -0.25) is 0 Å². The third-order valence-electron chi connectivity index (χ3n) is 2.90. The Kier molecular flexibility index (Phi) is 7.51. The minimum atomic E-state index is -3.34. The molecule has 1 unspecified atom stereocenters. The number of halogens is 1. The molecule has 1 atom stereocenters. The van der Waals surface area contributed by atoms with E-state index in [2.05, 4.69) is 0 Å². The molecule has 0 N–H and O–H groups in total. The van der Waals surface area contributed by atoms with E-state index in [0.717, 1.165) is 5.56 Å². The Labute approximate surface area is 126 Å². The highest BCUT2D eigenvalue weighted by molar-refractivity contribution is 7.89. The summed E-state index contributed by atoms with van der Waals surface area (Å²) in [6, 6.07) is 9.54. The van der Waals surface area contributed by atoms with Crippen molar-refractivity contribution in [2.24, 2.45) is 5.92 Å². The molecule has 0 heterocycles. The van der Waals surface area contributed by atoms with Gasteiger partial charge >= 0.3 is 0 Å². The summed E-state index contributed by atoms with van der Waals surface area (Å²) in [6.45, 7) is 2.92. The van der Waals surface area contributed by atoms with Gasteiger partial charge in [-0.15, -0.1) is 11.6 Å². The Hall–Kier alpha value is -0.620. The van der Waals surface area contributed by atoms with E-state index in [0.29, 0.717) is 25.6 Å². The summed E-state index contributed by atoms with van der Waals surface area (Å²) in [4.78, 5) is 0. The van der Waals surface area contributed by atoms with Crippen molar-refractivity contribution in [2.75, 3.05) is 31.9 Å². The van der Waals surface area contributed by atoms with Crippen LogP contribution >= 0.6 is 11.6 Å². The van der Waals surface area contributed by atoms with Gasteiger partial charge in [0.15, 0.2) is 0 Å². The lowest BCUT2D eigenvalue weighted by Crippen LogP contribution is -2.37. The van der Waals surface area contributed by atoms with E-state index in [1.54, 1.807) is 7.11 Å². The van der Waals surface area contributed by atoms with Gasteiger partial charge in [0.2, 0.25) is 10.0 Å². The third kappa shape index (κ3) is 5.79. The number of nitrogens with zero attached hydrogens (tertiary/aromatic N) is 1. The fourth-order valence-corrected chi connectivity index (χ4v) is 3.79. The van der Waals surface area contributed by atoms with Crippen molar-refractivity contribution in [1.29, 1.82) is 0 Å². The molecule has 0 aliphatic rings. The first-order chi connectivity index (χ1) is 9.49. The molecule has 114 valence electrons. The molecule has 6 heteroatoms. The van der Waals surface area contributed by atoms with Gasteiger partial charge in [0.25, 0.3) is 0 Å². The SMILES string of the molecule is COCCN(Cc1ccccc1)S(=O)(=O)CC(C)CCl. The van der Waals surface area contributed by atoms with Gasteiger partial charge in [-0.25, -0.2) is 8.42 Å². The predicted molar refractivity (Wildman–Crippen MR) is 82.4 cm³/mol. The summed E-state index contributed by atoms with van der Waals surface area (Å²) in [5, 5.41) is 0. The van der Waals surface area contributed by atoms with E-state index in [1.165, 1.54) is 4.31 Å². The number of benzene rings is 1. The second-order valence-corrected chi connectivity index (χ2v) is 7.17. The van der Waals surface area contributed by atoms with Crippen molar-refractivity contribution in [3.05, 3.63) is 35.9 Å². The quantitative estimate of drug-likeness (QED) is 0.656. The van der Waals surface area contributed by atoms with Crippen molar-refractivity contribution >= 4 is 21.6 Å². The number of hydrogen-bond donors (Lipinski definition) is 0. The summed E-state index contributed by atoms with van der Waals surface area (Å²) < 4.78 is 31.3. The maximum Gasteiger partial charge on any atom is 0.214 e. The zero-order valence-electron chi connectivity index (χ0n) is 12.0. The standard InChI is InChI=1S/C14H22ClNO3S/c1-13(10-15)12-20(17,18)16(8-9-19-2)11-14-6-4-3-5-7-14/h3-7,13H,8-12H2,1-2H3. The van der Waals surface area contributed by atoms with Crippen molar-refractivity contribution < 1.29 is 13.2 Å². The lowest BCUT2D eigenvalue weighted by Gasteiger charge is -2.23. The predicted octanol–water partition coefficient (Wildman–Crippen LogP) is 2.34. The topological polar surface area (TPSA) is 46.6 Å². The Morgan fingerprint density at radius 2 is 1.95 bits per heavy atom. The fourth-order valence-electron chi connectivity index (χ4n) is 1.81. The molecule has 0 aliphatic heterocycles. The highest BCUT2D eigenvalue weighted by Crippen LogP contribution is 2.13. The largest absolute Gasteiger partial charge is 0.383 e. The van der Waals surface area contributed by atoms with Gasteiger partial charge in [0, 0.05) is 26.1 Å². The number of alkyl halides is 1. The lowest BCUT2D eigenvalue weighted by atomic mass is 10.2. The summed E-state index contributed by atoms with van der Waals surface area (Å²) in [6.07, 6.45) is 0. The second kappa shape index (κ2) is 8.62. The maximum absolute atomic E-state index is 12.4. The van der Waals surface area contributed by atoms with Gasteiger partial charge < -0.3 is 4.74 Å². The van der Waals surface area contributed by atoms with Crippen LogP contribution in [0, 0.1) is 5.92 Å². The fraction of sp³-hybridized carbons (Fsp3) is 0.571. The molecule has 0 aromatic heterocycles. The average molecular weight is 320 g/mol. The molecular formula is C14H22ClNO3S. The number of rotatable bonds is 9. The third-order valence-corrected chi connectivity index (χ3v) is 5.51. The minimum absolute atomic E-state index is 0.0625. The number of ether oxygens (including phenoxy) is 1. The van der Waals surface area contributed by atoms with Crippen molar-refractivity contribution in [3.8, 4) is 0 Å². The molecule has 0 radical (unpaired) electrons. The van der Waals surface area contributed by atoms with Crippen LogP contribution in [0.25, 0.3) is 0 Å². The zero-order valence-corrected chi connectivity index (χ0v) is 13.5. The minimum Gasteiger partial charge on any atom is -0.383 e. The van der Waals surface area contributed by atoms with Crippen LogP contribution in [0.15, 0.2) is 30.3 Å². The van der Waals surface area contributed by atoms with Crippen LogP contribution < -0.4 is 0 Å². The van der Waals surface area contributed by atoms with E-state index in [-0.39, 0.29) is 11.7 Å². The molecule has 0 saturated heterocycles. The zero-order chi connectivity index (χ0) is 15.0. The van der Waals surface area contributed by atoms with Crippen molar-refractivity contribution in [1.82, 2.24) is 4.31 Å². The molecular weight excluding hydrogens is 298 g/mol. The molecule has 4 nitrogen and oxygen atoms in total. The summed E-state index contributed by atoms with van der Waals surface area (Å²) in [5.74, 6) is 0.331. The van der Waals surface area contributed by atoms with E-state index in [1.807, 2.05) is 37.3 Å². The molecule has 0 spiro atoms. The molecule has 0 amide bonds. The Morgan fingerprint density at radius 1 is 1.30 bits per heavy atom. The molecule has 0 fully saturated rings. The van der Waals surface area contributed by atoms with E-state index in [9.17, 15) is 8.42 Å². The summed E-state index contributed by atoms with van der Waals surface area (Å²) >= 11 is 5.72. The van der Waals surface area contributed by atoms with Crippen LogP contribution in [0.4, 0.5) is 0 Å². The Balaban J connectivity index is 2.82. The maximum atomic E-state index is 12.4. The van der Waals surface area contributed by atoms with Gasteiger partial charge in [-0.05, 0) is 11.5 Å². The van der Waals surface area contributed by atoms with Gasteiger partial charge in [0.05, 0.1) is 12.4 Å². The first kappa shape index (κ1) is 17.4. The van der Waals surface area contributed by atoms with Crippen LogP contribution in [0.2, 0.25) is 0 Å².